The maximum atomic E-state index is 14.3. The van der Waals surface area contributed by atoms with E-state index in [1.165, 1.54) is 12.1 Å². The molecule has 118 valence electrons. The summed E-state index contributed by atoms with van der Waals surface area (Å²) in [7, 11) is 0. The van der Waals surface area contributed by atoms with Crippen molar-refractivity contribution in [1.82, 2.24) is 4.98 Å². The highest BCUT2D eigenvalue weighted by atomic mass is 35.5. The largest absolute Gasteiger partial charge is 0.481 e. The zero-order chi connectivity index (χ0) is 16.6. The van der Waals surface area contributed by atoms with Crippen molar-refractivity contribution in [2.45, 2.75) is 13.3 Å². The third-order valence-corrected chi connectivity index (χ3v) is 3.60. The maximum Gasteiger partial charge on any atom is 0.307 e. The number of carbonyl (C=O) groups is 1. The molecule has 5 nitrogen and oxygen atoms in total. The number of fused-ring (bicyclic) bond motifs is 1. The van der Waals surface area contributed by atoms with E-state index in [-0.39, 0.29) is 17.2 Å². The van der Waals surface area contributed by atoms with E-state index < -0.39 is 18.2 Å². The number of carboxylic acids is 1. The molecule has 3 aromatic rings. The quantitative estimate of drug-likeness (QED) is 0.744. The molecule has 2 N–H and O–H groups in total. The second-order valence-corrected chi connectivity index (χ2v) is 5.50. The number of benzene rings is 2. The number of halogens is 2. The molecule has 0 radical (unpaired) electrons. The van der Waals surface area contributed by atoms with Crippen molar-refractivity contribution in [1.29, 1.82) is 0 Å². The fraction of sp³-hybridized carbons (Fsp3) is 0.125. The minimum atomic E-state index is -1.12. The Labute approximate surface area is 135 Å². The van der Waals surface area contributed by atoms with Gasteiger partial charge in [-0.2, -0.15) is 4.98 Å². The summed E-state index contributed by atoms with van der Waals surface area (Å²) in [6.07, 6.45) is -0.418. The summed E-state index contributed by atoms with van der Waals surface area (Å²) in [6.45, 7) is 1.88. The molecule has 2 aromatic carbocycles. The van der Waals surface area contributed by atoms with E-state index in [0.717, 1.165) is 5.56 Å². The van der Waals surface area contributed by atoms with Gasteiger partial charge in [0, 0.05) is 16.3 Å². The van der Waals surface area contributed by atoms with E-state index in [9.17, 15) is 9.18 Å². The number of rotatable bonds is 4. The van der Waals surface area contributed by atoms with Crippen LogP contribution in [-0.2, 0) is 11.2 Å². The van der Waals surface area contributed by atoms with Crippen molar-refractivity contribution < 1.29 is 18.7 Å². The summed E-state index contributed by atoms with van der Waals surface area (Å²) in [6, 6.07) is 8.32. The molecule has 23 heavy (non-hydrogen) atoms. The van der Waals surface area contributed by atoms with Crippen LogP contribution in [0.25, 0.3) is 11.1 Å². The normalized spacial score (nSPS) is 10.9. The van der Waals surface area contributed by atoms with Crippen molar-refractivity contribution in [3.8, 4) is 0 Å². The fourth-order valence-electron chi connectivity index (χ4n) is 2.20. The molecule has 0 aliphatic rings. The van der Waals surface area contributed by atoms with E-state index in [0.29, 0.717) is 16.2 Å². The van der Waals surface area contributed by atoms with Gasteiger partial charge in [0.05, 0.1) is 6.42 Å². The van der Waals surface area contributed by atoms with Gasteiger partial charge >= 0.3 is 5.97 Å². The van der Waals surface area contributed by atoms with Gasteiger partial charge in [0.15, 0.2) is 11.4 Å². The van der Waals surface area contributed by atoms with Crippen LogP contribution in [0.2, 0.25) is 5.02 Å². The molecule has 0 spiro atoms. The highest BCUT2D eigenvalue weighted by Crippen LogP contribution is 2.28. The average molecular weight is 335 g/mol. The number of nitrogens with one attached hydrogen (secondary N) is 1. The highest BCUT2D eigenvalue weighted by Gasteiger charge is 2.16. The van der Waals surface area contributed by atoms with Gasteiger partial charge in [0.1, 0.15) is 5.52 Å². The molecule has 0 fully saturated rings. The lowest BCUT2D eigenvalue weighted by atomic mass is 10.1. The first kappa shape index (κ1) is 15.3. The Balaban J connectivity index is 1.98. The fourth-order valence-corrected chi connectivity index (χ4v) is 2.37. The average Bonchev–Trinajstić information content (AvgIpc) is 2.89. The molecular formula is C16H12ClFN2O3. The third kappa shape index (κ3) is 3.12. The Kier molecular flexibility index (Phi) is 3.92. The number of hydrogen-bond donors (Lipinski definition) is 2. The number of oxazole rings is 1. The minimum Gasteiger partial charge on any atom is -0.481 e. The van der Waals surface area contributed by atoms with Crippen LogP contribution in [0.1, 0.15) is 11.1 Å². The smallest absolute Gasteiger partial charge is 0.307 e. The van der Waals surface area contributed by atoms with Crippen LogP contribution in [0, 0.1) is 12.7 Å². The van der Waals surface area contributed by atoms with E-state index in [2.05, 4.69) is 10.3 Å². The van der Waals surface area contributed by atoms with Crippen LogP contribution < -0.4 is 5.32 Å². The van der Waals surface area contributed by atoms with E-state index in [1.54, 1.807) is 12.1 Å². The minimum absolute atomic E-state index is 0.0478. The second-order valence-electron chi connectivity index (χ2n) is 5.06. The molecule has 0 bridgehead atoms. The second kappa shape index (κ2) is 5.89. The number of aryl methyl sites for hydroxylation is 1. The Hall–Kier alpha value is -2.60. The summed E-state index contributed by atoms with van der Waals surface area (Å²) >= 11 is 5.95. The molecule has 1 heterocycles. The van der Waals surface area contributed by atoms with Crippen LogP contribution in [-0.4, -0.2) is 16.1 Å². The van der Waals surface area contributed by atoms with E-state index in [1.807, 2.05) is 13.0 Å². The number of anilines is 2. The van der Waals surface area contributed by atoms with Crippen molar-refractivity contribution in [3.63, 3.8) is 0 Å². The van der Waals surface area contributed by atoms with Crippen LogP contribution in [0.3, 0.4) is 0 Å². The molecule has 0 aliphatic heterocycles. The Bertz CT molecular complexity index is 908. The number of hydrogen-bond acceptors (Lipinski definition) is 4. The van der Waals surface area contributed by atoms with E-state index >= 15 is 0 Å². The molecule has 0 saturated heterocycles. The molecule has 0 aliphatic carbocycles. The van der Waals surface area contributed by atoms with Gasteiger partial charge in [0.25, 0.3) is 6.01 Å². The van der Waals surface area contributed by atoms with Gasteiger partial charge in [-0.3, -0.25) is 4.79 Å². The monoisotopic (exact) mass is 334 g/mol. The molecule has 0 atom stereocenters. The van der Waals surface area contributed by atoms with Crippen LogP contribution in [0.4, 0.5) is 16.1 Å². The number of carboxylic acid groups (broad SMARTS) is 1. The standard InChI is InChI=1S/C16H12ClFN2O3/c1-8-2-4-10(17)7-12(8)20-16-19-11-5-3-9(6-13(21)22)14(18)15(11)23-16/h2-5,7H,6H2,1H3,(H,19,20)(H,21,22). The Morgan fingerprint density at radius 2 is 2.17 bits per heavy atom. The number of aliphatic carboxylic acids is 1. The van der Waals surface area contributed by atoms with Crippen molar-refractivity contribution >= 4 is 40.4 Å². The first-order chi connectivity index (χ1) is 10.9. The number of nitrogens with zero attached hydrogens (tertiary/aromatic N) is 1. The lowest BCUT2D eigenvalue weighted by molar-refractivity contribution is -0.136. The van der Waals surface area contributed by atoms with Crippen LogP contribution in [0.15, 0.2) is 34.7 Å². The molecule has 3 rings (SSSR count). The molecule has 0 saturated carbocycles. The summed E-state index contributed by atoms with van der Waals surface area (Å²) < 4.78 is 19.7. The van der Waals surface area contributed by atoms with Gasteiger partial charge in [-0.25, -0.2) is 4.39 Å². The van der Waals surface area contributed by atoms with Gasteiger partial charge in [0.2, 0.25) is 0 Å². The van der Waals surface area contributed by atoms with Gasteiger partial charge < -0.3 is 14.8 Å². The summed E-state index contributed by atoms with van der Waals surface area (Å²) in [5.74, 6) is -1.83. The number of aromatic nitrogens is 1. The van der Waals surface area contributed by atoms with Gasteiger partial charge in [-0.05, 0) is 30.7 Å². The Morgan fingerprint density at radius 3 is 2.91 bits per heavy atom. The SMILES string of the molecule is Cc1ccc(Cl)cc1Nc1nc2ccc(CC(=O)O)c(F)c2o1. The first-order valence-electron chi connectivity index (χ1n) is 6.77. The van der Waals surface area contributed by atoms with Crippen molar-refractivity contribution in [2.24, 2.45) is 0 Å². The summed E-state index contributed by atoms with van der Waals surface area (Å²) in [5, 5.41) is 12.3. The highest BCUT2D eigenvalue weighted by molar-refractivity contribution is 6.30. The van der Waals surface area contributed by atoms with Gasteiger partial charge in [-0.15, -0.1) is 0 Å². The first-order valence-corrected chi connectivity index (χ1v) is 7.14. The lowest BCUT2D eigenvalue weighted by Crippen LogP contribution is -2.02. The molecular weight excluding hydrogens is 323 g/mol. The van der Waals surface area contributed by atoms with Crippen LogP contribution in [0.5, 0.6) is 0 Å². The third-order valence-electron chi connectivity index (χ3n) is 3.36. The predicted octanol–water partition coefficient (Wildman–Crippen LogP) is 4.30. The van der Waals surface area contributed by atoms with E-state index in [4.69, 9.17) is 21.1 Å². The topological polar surface area (TPSA) is 75.4 Å². The Morgan fingerprint density at radius 1 is 1.39 bits per heavy atom. The molecule has 1 aromatic heterocycles. The van der Waals surface area contributed by atoms with Crippen molar-refractivity contribution in [3.05, 3.63) is 52.3 Å². The zero-order valence-corrected chi connectivity index (χ0v) is 12.8. The van der Waals surface area contributed by atoms with Crippen molar-refractivity contribution in [2.75, 3.05) is 5.32 Å². The molecule has 7 heteroatoms. The predicted molar refractivity (Wildman–Crippen MR) is 84.8 cm³/mol. The van der Waals surface area contributed by atoms with Crippen LogP contribution >= 0.6 is 11.6 Å². The zero-order valence-electron chi connectivity index (χ0n) is 12.1. The summed E-state index contributed by atoms with van der Waals surface area (Å²) in [4.78, 5) is 14.9. The maximum absolute atomic E-state index is 14.3. The van der Waals surface area contributed by atoms with Gasteiger partial charge in [-0.1, -0.05) is 23.7 Å². The molecule has 0 amide bonds. The lowest BCUT2D eigenvalue weighted by Gasteiger charge is -2.05. The summed E-state index contributed by atoms with van der Waals surface area (Å²) in [5.41, 5.74) is 1.88. The molecule has 0 unspecified atom stereocenters.